The summed E-state index contributed by atoms with van der Waals surface area (Å²) in [5.74, 6) is 0.784. The lowest BCUT2D eigenvalue weighted by Gasteiger charge is -2.12. The number of rotatable bonds is 5. The minimum Gasteiger partial charge on any atom is -0.365 e. The second kappa shape index (κ2) is 8.39. The number of hydrogen-bond donors (Lipinski definition) is 3. The first-order valence-electron chi connectivity index (χ1n) is 9.35. The van der Waals surface area contributed by atoms with Crippen LogP contribution in [0.15, 0.2) is 79.1 Å². The molecule has 0 spiro atoms. The Bertz CT molecular complexity index is 1150. The van der Waals surface area contributed by atoms with Crippen LogP contribution in [0.4, 0.5) is 22.0 Å². The Hall–Kier alpha value is -3.93. The monoisotopic (exact) mass is 383 g/mol. The largest absolute Gasteiger partial charge is 0.365 e. The van der Waals surface area contributed by atoms with Gasteiger partial charge in [0.25, 0.3) is 0 Å². The number of nitrogens with one attached hydrogen (secondary N) is 3. The molecule has 6 heteroatoms. The number of amides is 2. The van der Waals surface area contributed by atoms with Gasteiger partial charge in [0.1, 0.15) is 12.1 Å². The Balaban J connectivity index is 1.42. The van der Waals surface area contributed by atoms with E-state index in [0.717, 1.165) is 39.2 Å². The lowest BCUT2D eigenvalue weighted by atomic mass is 10.2. The van der Waals surface area contributed by atoms with E-state index in [9.17, 15) is 4.79 Å². The van der Waals surface area contributed by atoms with E-state index in [0.29, 0.717) is 6.54 Å². The van der Waals surface area contributed by atoms with Crippen LogP contribution in [0, 0.1) is 6.92 Å². The molecular formula is C23H21N5O. The summed E-state index contributed by atoms with van der Waals surface area (Å²) in [5.41, 5.74) is 4.45. The molecule has 4 aromatic rings. The predicted octanol–water partition coefficient (Wildman–Crippen LogP) is 5.19. The normalized spacial score (nSPS) is 10.5. The van der Waals surface area contributed by atoms with Gasteiger partial charge < -0.3 is 16.0 Å². The van der Waals surface area contributed by atoms with Crippen LogP contribution in [0.1, 0.15) is 11.1 Å². The summed E-state index contributed by atoms with van der Waals surface area (Å²) < 4.78 is 0. The number of para-hydroxylation sites is 2. The van der Waals surface area contributed by atoms with Crippen molar-refractivity contribution in [1.82, 2.24) is 9.97 Å². The van der Waals surface area contributed by atoms with Crippen LogP contribution in [0.2, 0.25) is 0 Å². The van der Waals surface area contributed by atoms with Gasteiger partial charge in [-0.3, -0.25) is 0 Å². The topological polar surface area (TPSA) is 78.9 Å². The van der Waals surface area contributed by atoms with Gasteiger partial charge in [-0.05, 0) is 48.4 Å². The lowest BCUT2D eigenvalue weighted by molar-refractivity contribution is 0.262. The highest BCUT2D eigenvalue weighted by molar-refractivity contribution is 6.00. The maximum absolute atomic E-state index is 12.3. The minimum absolute atomic E-state index is 0.272. The number of nitrogens with zero attached hydrogens (tertiary/aromatic N) is 2. The average molecular weight is 383 g/mol. The Labute approximate surface area is 169 Å². The van der Waals surface area contributed by atoms with E-state index in [1.165, 1.54) is 0 Å². The summed E-state index contributed by atoms with van der Waals surface area (Å²) in [6.07, 6.45) is 1.55. The molecule has 0 atom stereocenters. The number of carbonyl (C=O) groups is 1. The third-order valence-corrected chi connectivity index (χ3v) is 4.58. The first-order chi connectivity index (χ1) is 14.2. The van der Waals surface area contributed by atoms with Crippen LogP contribution >= 0.6 is 0 Å². The number of urea groups is 1. The number of aromatic nitrogens is 2. The summed E-state index contributed by atoms with van der Waals surface area (Å²) in [6.45, 7) is 2.54. The quantitative estimate of drug-likeness (QED) is 0.443. The molecule has 29 heavy (non-hydrogen) atoms. The van der Waals surface area contributed by atoms with Crippen LogP contribution in [0.5, 0.6) is 0 Å². The number of aryl methyl sites for hydroxylation is 1. The summed E-state index contributed by atoms with van der Waals surface area (Å²) >= 11 is 0. The molecule has 144 valence electrons. The smallest absolute Gasteiger partial charge is 0.323 e. The fraction of sp³-hybridized carbons (Fsp3) is 0.0870. The summed E-state index contributed by atoms with van der Waals surface area (Å²) in [6, 6.07) is 23.0. The second-order valence-electron chi connectivity index (χ2n) is 6.69. The number of fused-ring (bicyclic) bond motifs is 1. The molecule has 1 aromatic heterocycles. The average Bonchev–Trinajstić information content (AvgIpc) is 2.74. The Morgan fingerprint density at radius 2 is 1.72 bits per heavy atom. The molecule has 4 rings (SSSR count). The van der Waals surface area contributed by atoms with Crippen molar-refractivity contribution in [2.24, 2.45) is 0 Å². The summed E-state index contributed by atoms with van der Waals surface area (Å²) in [7, 11) is 0. The molecule has 0 saturated carbocycles. The van der Waals surface area contributed by atoms with Gasteiger partial charge >= 0.3 is 6.03 Å². The van der Waals surface area contributed by atoms with Crippen molar-refractivity contribution < 1.29 is 4.79 Å². The summed E-state index contributed by atoms with van der Waals surface area (Å²) in [4.78, 5) is 20.9. The highest BCUT2D eigenvalue weighted by atomic mass is 16.2. The van der Waals surface area contributed by atoms with Gasteiger partial charge in [0, 0.05) is 23.3 Å². The van der Waals surface area contributed by atoms with Crippen LogP contribution in [-0.4, -0.2) is 16.0 Å². The van der Waals surface area contributed by atoms with E-state index in [1.54, 1.807) is 6.33 Å². The zero-order valence-corrected chi connectivity index (χ0v) is 16.0. The van der Waals surface area contributed by atoms with Crippen LogP contribution in [-0.2, 0) is 6.54 Å². The molecule has 0 saturated heterocycles. The molecular weight excluding hydrogens is 362 g/mol. The maximum Gasteiger partial charge on any atom is 0.323 e. The van der Waals surface area contributed by atoms with Gasteiger partial charge in [-0.15, -0.1) is 0 Å². The van der Waals surface area contributed by atoms with Gasteiger partial charge in [-0.2, -0.15) is 0 Å². The molecule has 6 nitrogen and oxygen atoms in total. The molecule has 1 heterocycles. The van der Waals surface area contributed by atoms with Gasteiger partial charge in [0.05, 0.1) is 5.52 Å². The number of anilines is 3. The lowest BCUT2D eigenvalue weighted by Crippen LogP contribution is -2.20. The first-order valence-corrected chi connectivity index (χ1v) is 9.35. The van der Waals surface area contributed by atoms with E-state index >= 15 is 0 Å². The van der Waals surface area contributed by atoms with Gasteiger partial charge in [0.2, 0.25) is 0 Å². The fourth-order valence-electron chi connectivity index (χ4n) is 3.09. The van der Waals surface area contributed by atoms with Crippen LogP contribution in [0.3, 0.4) is 0 Å². The molecule has 0 fully saturated rings. The maximum atomic E-state index is 12.3. The van der Waals surface area contributed by atoms with Crippen molar-refractivity contribution in [3.63, 3.8) is 0 Å². The molecule has 0 radical (unpaired) electrons. The minimum atomic E-state index is -0.272. The molecule has 0 bridgehead atoms. The SMILES string of the molecule is Cc1ccccc1NC(=O)Nc1cccc(CNc2ncnc3ccccc23)c1. The van der Waals surface area contributed by atoms with Crippen molar-refractivity contribution in [1.29, 1.82) is 0 Å². The standard InChI is InChI=1S/C23H21N5O/c1-16-7-2-4-11-20(16)28-23(29)27-18-9-6-8-17(13-18)14-24-22-19-10-3-5-12-21(19)25-15-26-22/h2-13,15H,14H2,1H3,(H,24,25,26)(H2,27,28,29). The molecule has 3 N–H and O–H groups in total. The molecule has 0 aliphatic heterocycles. The second-order valence-corrected chi connectivity index (χ2v) is 6.69. The Kier molecular flexibility index (Phi) is 5.33. The Morgan fingerprint density at radius 1 is 0.897 bits per heavy atom. The third-order valence-electron chi connectivity index (χ3n) is 4.58. The van der Waals surface area contributed by atoms with Crippen molar-refractivity contribution >= 4 is 34.1 Å². The van der Waals surface area contributed by atoms with Crippen molar-refractivity contribution in [3.8, 4) is 0 Å². The third kappa shape index (κ3) is 4.50. The zero-order chi connectivity index (χ0) is 20.1. The van der Waals surface area contributed by atoms with Crippen molar-refractivity contribution in [2.45, 2.75) is 13.5 Å². The van der Waals surface area contributed by atoms with Crippen molar-refractivity contribution in [2.75, 3.05) is 16.0 Å². The van der Waals surface area contributed by atoms with Gasteiger partial charge in [0.15, 0.2) is 0 Å². The number of hydrogen-bond acceptors (Lipinski definition) is 4. The van der Waals surface area contributed by atoms with Gasteiger partial charge in [-0.25, -0.2) is 14.8 Å². The zero-order valence-electron chi connectivity index (χ0n) is 16.0. The molecule has 0 unspecified atom stereocenters. The highest BCUT2D eigenvalue weighted by Gasteiger charge is 2.06. The molecule has 2 amide bonds. The number of benzene rings is 3. The van der Waals surface area contributed by atoms with E-state index in [1.807, 2.05) is 79.7 Å². The van der Waals surface area contributed by atoms with Crippen LogP contribution < -0.4 is 16.0 Å². The van der Waals surface area contributed by atoms with E-state index in [-0.39, 0.29) is 6.03 Å². The molecule has 0 aliphatic rings. The van der Waals surface area contributed by atoms with Crippen molar-refractivity contribution in [3.05, 3.63) is 90.3 Å². The van der Waals surface area contributed by atoms with E-state index in [2.05, 4.69) is 25.9 Å². The highest BCUT2D eigenvalue weighted by Crippen LogP contribution is 2.20. The first kappa shape index (κ1) is 18.4. The predicted molar refractivity (Wildman–Crippen MR) is 117 cm³/mol. The number of carbonyl (C=O) groups excluding carboxylic acids is 1. The van der Waals surface area contributed by atoms with Gasteiger partial charge in [-0.1, -0.05) is 42.5 Å². The van der Waals surface area contributed by atoms with Crippen LogP contribution in [0.25, 0.3) is 10.9 Å². The molecule has 0 aliphatic carbocycles. The molecule has 3 aromatic carbocycles. The van der Waals surface area contributed by atoms with E-state index in [4.69, 9.17) is 0 Å². The summed E-state index contributed by atoms with van der Waals surface area (Å²) in [5, 5.41) is 10.1. The Morgan fingerprint density at radius 3 is 2.62 bits per heavy atom. The van der Waals surface area contributed by atoms with E-state index < -0.39 is 0 Å². The fourth-order valence-corrected chi connectivity index (χ4v) is 3.09.